The SMILES string of the molecule is COc1cc(C)cc(C)c1NCCC(C)=O. The fraction of sp³-hybridized carbons (Fsp3) is 0.462. The van der Waals surface area contributed by atoms with Gasteiger partial charge in [0.2, 0.25) is 0 Å². The number of ether oxygens (including phenoxy) is 1. The van der Waals surface area contributed by atoms with Gasteiger partial charge in [-0.2, -0.15) is 0 Å². The maximum absolute atomic E-state index is 10.9. The highest BCUT2D eigenvalue weighted by Gasteiger charge is 2.07. The number of Topliss-reactive ketones (excluding diaryl/α,β-unsaturated/α-hetero) is 1. The second-order valence-corrected chi connectivity index (χ2v) is 4.04. The number of hydrogen-bond donors (Lipinski definition) is 1. The van der Waals surface area contributed by atoms with Gasteiger partial charge in [-0.1, -0.05) is 6.07 Å². The molecule has 0 unspecified atom stereocenters. The van der Waals surface area contributed by atoms with Crippen LogP contribution in [0.15, 0.2) is 12.1 Å². The van der Waals surface area contributed by atoms with Crippen molar-refractivity contribution in [1.29, 1.82) is 0 Å². The van der Waals surface area contributed by atoms with Crippen LogP contribution in [0.25, 0.3) is 0 Å². The van der Waals surface area contributed by atoms with Crippen LogP contribution < -0.4 is 10.1 Å². The monoisotopic (exact) mass is 221 g/mol. The molecule has 88 valence electrons. The number of carbonyl (C=O) groups excluding carboxylic acids is 1. The van der Waals surface area contributed by atoms with Gasteiger partial charge < -0.3 is 10.1 Å². The van der Waals surface area contributed by atoms with E-state index in [-0.39, 0.29) is 5.78 Å². The summed E-state index contributed by atoms with van der Waals surface area (Å²) < 4.78 is 5.32. The molecular formula is C13H19NO2. The molecule has 0 aliphatic rings. The molecule has 0 atom stereocenters. The lowest BCUT2D eigenvalue weighted by Crippen LogP contribution is -2.08. The number of hydrogen-bond acceptors (Lipinski definition) is 3. The Morgan fingerprint density at radius 3 is 2.62 bits per heavy atom. The summed E-state index contributed by atoms with van der Waals surface area (Å²) in [6.07, 6.45) is 0.538. The molecule has 16 heavy (non-hydrogen) atoms. The minimum atomic E-state index is 0.191. The molecule has 0 spiro atoms. The van der Waals surface area contributed by atoms with Gasteiger partial charge in [-0.3, -0.25) is 4.79 Å². The Hall–Kier alpha value is -1.51. The highest BCUT2D eigenvalue weighted by Crippen LogP contribution is 2.29. The number of anilines is 1. The molecule has 0 aromatic heterocycles. The Kier molecular flexibility index (Phi) is 4.35. The first kappa shape index (κ1) is 12.6. The summed E-state index contributed by atoms with van der Waals surface area (Å²) in [5.41, 5.74) is 3.29. The third-order valence-corrected chi connectivity index (χ3v) is 2.44. The van der Waals surface area contributed by atoms with Gasteiger partial charge >= 0.3 is 0 Å². The smallest absolute Gasteiger partial charge is 0.142 e. The molecule has 0 aliphatic heterocycles. The summed E-state index contributed by atoms with van der Waals surface area (Å²) in [6.45, 7) is 6.32. The summed E-state index contributed by atoms with van der Waals surface area (Å²) in [5.74, 6) is 1.03. The Bertz CT molecular complexity index is 386. The lowest BCUT2D eigenvalue weighted by molar-refractivity contribution is -0.116. The van der Waals surface area contributed by atoms with Gasteiger partial charge in [0.15, 0.2) is 0 Å². The normalized spacial score (nSPS) is 10.0. The first-order chi connectivity index (χ1) is 7.54. The number of benzene rings is 1. The van der Waals surface area contributed by atoms with Gasteiger partial charge in [-0.25, -0.2) is 0 Å². The highest BCUT2D eigenvalue weighted by molar-refractivity contribution is 5.76. The van der Waals surface area contributed by atoms with Crippen molar-refractivity contribution < 1.29 is 9.53 Å². The minimum absolute atomic E-state index is 0.191. The van der Waals surface area contributed by atoms with E-state index in [0.29, 0.717) is 13.0 Å². The number of ketones is 1. The van der Waals surface area contributed by atoms with Crippen LogP contribution in [0.5, 0.6) is 5.75 Å². The van der Waals surface area contributed by atoms with E-state index in [1.165, 1.54) is 5.56 Å². The van der Waals surface area contributed by atoms with Crippen molar-refractivity contribution in [2.45, 2.75) is 27.2 Å². The molecule has 3 heteroatoms. The maximum atomic E-state index is 10.9. The topological polar surface area (TPSA) is 38.3 Å². The number of aryl methyl sites for hydroxylation is 2. The van der Waals surface area contributed by atoms with Crippen LogP contribution in [0, 0.1) is 13.8 Å². The van der Waals surface area contributed by atoms with E-state index in [0.717, 1.165) is 17.0 Å². The first-order valence-corrected chi connectivity index (χ1v) is 5.43. The quantitative estimate of drug-likeness (QED) is 0.830. The minimum Gasteiger partial charge on any atom is -0.495 e. The molecule has 1 aromatic carbocycles. The molecule has 0 aliphatic carbocycles. The number of nitrogens with one attached hydrogen (secondary N) is 1. The Balaban J connectivity index is 2.81. The van der Waals surface area contributed by atoms with Gasteiger partial charge in [0.25, 0.3) is 0 Å². The average molecular weight is 221 g/mol. The van der Waals surface area contributed by atoms with Crippen LogP contribution in [0.4, 0.5) is 5.69 Å². The Morgan fingerprint density at radius 2 is 2.06 bits per heavy atom. The van der Waals surface area contributed by atoms with Crippen molar-refractivity contribution in [2.24, 2.45) is 0 Å². The van der Waals surface area contributed by atoms with Gasteiger partial charge in [0, 0.05) is 13.0 Å². The average Bonchev–Trinajstić information content (AvgIpc) is 2.20. The summed E-state index contributed by atoms with van der Waals surface area (Å²) in [5, 5.41) is 3.25. The molecule has 1 N–H and O–H groups in total. The maximum Gasteiger partial charge on any atom is 0.142 e. The molecule has 0 bridgehead atoms. The number of rotatable bonds is 5. The van der Waals surface area contributed by atoms with E-state index < -0.39 is 0 Å². The van der Waals surface area contributed by atoms with Crippen LogP contribution in [0.1, 0.15) is 24.5 Å². The predicted molar refractivity (Wildman–Crippen MR) is 66.3 cm³/mol. The van der Waals surface area contributed by atoms with Crippen LogP contribution in [0.3, 0.4) is 0 Å². The van der Waals surface area contributed by atoms with E-state index in [1.54, 1.807) is 14.0 Å². The molecular weight excluding hydrogens is 202 g/mol. The van der Waals surface area contributed by atoms with Crippen LogP contribution in [-0.4, -0.2) is 19.4 Å². The molecule has 0 saturated carbocycles. The van der Waals surface area contributed by atoms with E-state index in [1.807, 2.05) is 19.9 Å². The van der Waals surface area contributed by atoms with E-state index in [9.17, 15) is 4.79 Å². The second kappa shape index (κ2) is 5.54. The predicted octanol–water partition coefficient (Wildman–Crippen LogP) is 2.70. The Labute approximate surface area is 96.8 Å². The third kappa shape index (κ3) is 3.26. The standard InChI is InChI=1S/C13H19NO2/c1-9-7-10(2)13(12(8-9)16-4)14-6-5-11(3)15/h7-8,14H,5-6H2,1-4H3. The molecule has 3 nitrogen and oxygen atoms in total. The lowest BCUT2D eigenvalue weighted by Gasteiger charge is -2.14. The van der Waals surface area contributed by atoms with E-state index in [4.69, 9.17) is 4.74 Å². The third-order valence-electron chi connectivity index (χ3n) is 2.44. The summed E-state index contributed by atoms with van der Waals surface area (Å²) in [4.78, 5) is 10.9. The fourth-order valence-corrected chi connectivity index (χ4v) is 1.68. The van der Waals surface area contributed by atoms with Crippen molar-refractivity contribution >= 4 is 11.5 Å². The zero-order valence-corrected chi connectivity index (χ0v) is 10.4. The summed E-state index contributed by atoms with van der Waals surface area (Å²) in [7, 11) is 1.66. The van der Waals surface area contributed by atoms with Crippen LogP contribution >= 0.6 is 0 Å². The molecule has 0 heterocycles. The van der Waals surface area contributed by atoms with Crippen molar-refractivity contribution in [3.63, 3.8) is 0 Å². The van der Waals surface area contributed by atoms with Crippen molar-refractivity contribution in [2.75, 3.05) is 19.0 Å². The molecule has 1 rings (SSSR count). The van der Waals surface area contributed by atoms with Crippen molar-refractivity contribution in [1.82, 2.24) is 0 Å². The first-order valence-electron chi connectivity index (χ1n) is 5.43. The zero-order valence-electron chi connectivity index (χ0n) is 10.4. The molecule has 0 fully saturated rings. The second-order valence-electron chi connectivity index (χ2n) is 4.04. The van der Waals surface area contributed by atoms with Gasteiger partial charge in [0.05, 0.1) is 12.8 Å². The summed E-state index contributed by atoms with van der Waals surface area (Å²) in [6, 6.07) is 4.09. The molecule has 0 radical (unpaired) electrons. The molecule has 0 saturated heterocycles. The largest absolute Gasteiger partial charge is 0.495 e. The van der Waals surface area contributed by atoms with E-state index >= 15 is 0 Å². The number of carbonyl (C=O) groups is 1. The Morgan fingerprint density at radius 1 is 1.38 bits per heavy atom. The number of methoxy groups -OCH3 is 1. The van der Waals surface area contributed by atoms with Gasteiger partial charge in [-0.15, -0.1) is 0 Å². The van der Waals surface area contributed by atoms with Gasteiger partial charge in [0.1, 0.15) is 11.5 Å². The van der Waals surface area contributed by atoms with E-state index in [2.05, 4.69) is 11.4 Å². The van der Waals surface area contributed by atoms with Crippen LogP contribution in [-0.2, 0) is 4.79 Å². The molecule has 0 amide bonds. The lowest BCUT2D eigenvalue weighted by atomic mass is 10.1. The summed E-state index contributed by atoms with van der Waals surface area (Å²) >= 11 is 0. The zero-order chi connectivity index (χ0) is 12.1. The van der Waals surface area contributed by atoms with Crippen molar-refractivity contribution in [3.05, 3.63) is 23.3 Å². The van der Waals surface area contributed by atoms with Crippen LogP contribution in [0.2, 0.25) is 0 Å². The van der Waals surface area contributed by atoms with Gasteiger partial charge in [-0.05, 0) is 38.0 Å². The highest BCUT2D eigenvalue weighted by atomic mass is 16.5. The molecule has 1 aromatic rings. The fourth-order valence-electron chi connectivity index (χ4n) is 1.68. The van der Waals surface area contributed by atoms with Crippen molar-refractivity contribution in [3.8, 4) is 5.75 Å².